The molecule has 4 aromatic rings. The molecular weight excluding hydrogens is 440 g/mol. The van der Waals surface area contributed by atoms with E-state index in [0.717, 1.165) is 28.0 Å². The summed E-state index contributed by atoms with van der Waals surface area (Å²) in [4.78, 5) is 22.0. The Balaban J connectivity index is 1.50. The van der Waals surface area contributed by atoms with E-state index in [9.17, 15) is 8.42 Å². The molecule has 172 valence electrons. The molecule has 1 aromatic carbocycles. The molecule has 1 fully saturated rings. The van der Waals surface area contributed by atoms with Crippen LogP contribution in [0.5, 0.6) is 0 Å². The lowest BCUT2D eigenvalue weighted by molar-refractivity contribution is 0.122. The van der Waals surface area contributed by atoms with Gasteiger partial charge in [-0.25, -0.2) is 23.4 Å². The van der Waals surface area contributed by atoms with E-state index in [1.165, 1.54) is 0 Å². The van der Waals surface area contributed by atoms with Gasteiger partial charge in [0.1, 0.15) is 5.82 Å². The topological polar surface area (TPSA) is 117 Å². The van der Waals surface area contributed by atoms with E-state index in [1.54, 1.807) is 12.4 Å². The summed E-state index contributed by atoms with van der Waals surface area (Å²) in [5, 5.41) is 1.05. The van der Waals surface area contributed by atoms with E-state index in [-0.39, 0.29) is 11.5 Å². The van der Waals surface area contributed by atoms with Crippen LogP contribution >= 0.6 is 0 Å². The van der Waals surface area contributed by atoms with Crippen LogP contribution in [-0.4, -0.2) is 59.6 Å². The number of anilines is 1. The van der Waals surface area contributed by atoms with Gasteiger partial charge in [0.05, 0.1) is 42.4 Å². The molecule has 3 aromatic heterocycles. The maximum absolute atomic E-state index is 13.1. The Kier molecular flexibility index (Phi) is 5.86. The number of nitrogens with one attached hydrogen (secondary N) is 2. The fourth-order valence-electron chi connectivity index (χ4n) is 4.10. The number of H-pyrrole nitrogens is 2. The molecule has 5 rings (SSSR count). The molecule has 1 aliphatic heterocycles. The van der Waals surface area contributed by atoms with E-state index in [2.05, 4.69) is 24.8 Å². The summed E-state index contributed by atoms with van der Waals surface area (Å²) in [6.07, 6.45) is 4.13. The third kappa shape index (κ3) is 4.76. The van der Waals surface area contributed by atoms with Gasteiger partial charge >= 0.3 is 0 Å². The molecule has 9 nitrogen and oxygen atoms in total. The predicted octanol–water partition coefficient (Wildman–Crippen LogP) is 2.86. The van der Waals surface area contributed by atoms with Crippen LogP contribution < -0.4 is 4.90 Å². The van der Waals surface area contributed by atoms with Crippen molar-refractivity contribution >= 4 is 26.6 Å². The van der Waals surface area contributed by atoms with Crippen molar-refractivity contribution in [2.75, 3.05) is 31.2 Å². The maximum atomic E-state index is 13.1. The number of nitrogens with zero attached hydrogens (tertiary/aromatic N) is 4. The van der Waals surface area contributed by atoms with Crippen molar-refractivity contribution in [3.05, 3.63) is 59.9 Å². The van der Waals surface area contributed by atoms with Gasteiger partial charge in [-0.3, -0.25) is 0 Å². The van der Waals surface area contributed by atoms with Crippen LogP contribution in [0.1, 0.15) is 24.0 Å². The normalized spacial score (nSPS) is 14.8. The molecule has 4 heterocycles. The van der Waals surface area contributed by atoms with Gasteiger partial charge in [-0.2, -0.15) is 0 Å². The molecule has 0 bridgehead atoms. The van der Waals surface area contributed by atoms with Crippen LogP contribution in [0.2, 0.25) is 0 Å². The lowest BCUT2D eigenvalue weighted by Gasteiger charge is -2.28. The zero-order valence-corrected chi connectivity index (χ0v) is 19.2. The predicted molar refractivity (Wildman–Crippen MR) is 127 cm³/mol. The van der Waals surface area contributed by atoms with Gasteiger partial charge in [-0.1, -0.05) is 6.92 Å². The van der Waals surface area contributed by atoms with Gasteiger partial charge in [0.2, 0.25) is 0 Å². The van der Waals surface area contributed by atoms with E-state index in [1.807, 2.05) is 37.4 Å². The maximum Gasteiger partial charge on any atom is 0.161 e. The first-order chi connectivity index (χ1) is 16.0. The van der Waals surface area contributed by atoms with Crippen molar-refractivity contribution in [3.63, 3.8) is 0 Å². The van der Waals surface area contributed by atoms with E-state index >= 15 is 0 Å². The first-order valence-electron chi connectivity index (χ1n) is 11.0. The van der Waals surface area contributed by atoms with Gasteiger partial charge in [-0.05, 0) is 30.7 Å². The summed E-state index contributed by atoms with van der Waals surface area (Å²) in [5.41, 5.74) is 3.76. The lowest BCUT2D eigenvalue weighted by atomic mass is 10.1. The first kappa shape index (κ1) is 21.6. The van der Waals surface area contributed by atoms with Gasteiger partial charge in [-0.15, -0.1) is 0 Å². The Morgan fingerprint density at radius 2 is 1.91 bits per heavy atom. The standard InChI is InChI=1S/C23H26N6O3S/c1-2-19-21(26-15-25-19)14-33(30,31)13-18-12-22(29-7-9-32-10-8-29)28-23(27-18)17-3-4-20-16(11-17)5-6-24-20/h3-6,11-12,15,24H,2,7-10,13-14H2,1H3,(H,25,26). The number of benzene rings is 1. The molecule has 0 unspecified atom stereocenters. The summed E-state index contributed by atoms with van der Waals surface area (Å²) < 4.78 is 31.6. The van der Waals surface area contributed by atoms with Crippen LogP contribution in [-0.2, 0) is 32.5 Å². The van der Waals surface area contributed by atoms with Crippen molar-refractivity contribution in [1.82, 2.24) is 24.9 Å². The number of aryl methyl sites for hydroxylation is 1. The van der Waals surface area contributed by atoms with Crippen LogP contribution in [0, 0.1) is 0 Å². The van der Waals surface area contributed by atoms with Crippen LogP contribution in [0.15, 0.2) is 42.9 Å². The summed E-state index contributed by atoms with van der Waals surface area (Å²) in [6.45, 7) is 4.60. The Labute approximate surface area is 192 Å². The largest absolute Gasteiger partial charge is 0.378 e. The average Bonchev–Trinajstić information content (AvgIpc) is 3.47. The van der Waals surface area contributed by atoms with E-state index < -0.39 is 9.84 Å². The quantitative estimate of drug-likeness (QED) is 0.430. The summed E-state index contributed by atoms with van der Waals surface area (Å²) in [6, 6.07) is 9.72. The molecule has 0 radical (unpaired) electrons. The van der Waals surface area contributed by atoms with Gasteiger partial charge < -0.3 is 19.6 Å². The van der Waals surface area contributed by atoms with Gasteiger partial charge in [0.15, 0.2) is 15.7 Å². The zero-order valence-electron chi connectivity index (χ0n) is 18.4. The molecule has 1 saturated heterocycles. The Morgan fingerprint density at radius 3 is 2.73 bits per heavy atom. The van der Waals surface area contributed by atoms with Crippen LogP contribution in [0.4, 0.5) is 5.82 Å². The van der Waals surface area contributed by atoms with Gasteiger partial charge in [0.25, 0.3) is 0 Å². The molecule has 0 saturated carbocycles. The van der Waals surface area contributed by atoms with Crippen LogP contribution in [0.25, 0.3) is 22.3 Å². The summed E-state index contributed by atoms with van der Waals surface area (Å²) in [7, 11) is -3.48. The number of hydrogen-bond donors (Lipinski definition) is 2. The van der Waals surface area contributed by atoms with Gasteiger partial charge in [0, 0.05) is 47.5 Å². The fourth-order valence-corrected chi connectivity index (χ4v) is 5.46. The lowest BCUT2D eigenvalue weighted by Crippen LogP contribution is -2.37. The number of imidazole rings is 1. The highest BCUT2D eigenvalue weighted by Crippen LogP contribution is 2.25. The second-order valence-electron chi connectivity index (χ2n) is 8.13. The average molecular weight is 467 g/mol. The Bertz CT molecular complexity index is 1370. The van der Waals surface area contributed by atoms with Crippen molar-refractivity contribution in [1.29, 1.82) is 0 Å². The van der Waals surface area contributed by atoms with Crippen molar-refractivity contribution in [3.8, 4) is 11.4 Å². The number of rotatable bonds is 7. The summed E-state index contributed by atoms with van der Waals surface area (Å²) in [5.74, 6) is 0.932. The number of fused-ring (bicyclic) bond motifs is 1. The van der Waals surface area contributed by atoms with E-state index in [0.29, 0.717) is 49.9 Å². The minimum absolute atomic E-state index is 0.124. The molecule has 2 N–H and O–H groups in total. The molecule has 1 aliphatic rings. The summed E-state index contributed by atoms with van der Waals surface area (Å²) >= 11 is 0. The molecule has 0 atom stereocenters. The smallest absolute Gasteiger partial charge is 0.161 e. The Morgan fingerprint density at radius 1 is 1.06 bits per heavy atom. The number of ether oxygens (including phenoxy) is 1. The van der Waals surface area contributed by atoms with Crippen LogP contribution in [0.3, 0.4) is 0 Å². The second-order valence-corrected chi connectivity index (χ2v) is 10.2. The number of aromatic amines is 2. The zero-order chi connectivity index (χ0) is 22.8. The van der Waals surface area contributed by atoms with E-state index in [4.69, 9.17) is 9.72 Å². The molecule has 33 heavy (non-hydrogen) atoms. The highest BCUT2D eigenvalue weighted by atomic mass is 32.2. The SMILES string of the molecule is CCc1[nH]cnc1CS(=O)(=O)Cc1cc(N2CCOCC2)nc(-c2ccc3[nH]ccc3c2)n1. The molecule has 0 spiro atoms. The number of aromatic nitrogens is 5. The number of hydrogen-bond acceptors (Lipinski definition) is 7. The molecule has 0 amide bonds. The molecule has 10 heteroatoms. The minimum atomic E-state index is -3.48. The number of morpholine rings is 1. The third-order valence-corrected chi connectivity index (χ3v) is 7.25. The number of sulfone groups is 1. The first-order valence-corrected chi connectivity index (χ1v) is 12.8. The van der Waals surface area contributed by atoms with Crippen molar-refractivity contribution in [2.24, 2.45) is 0 Å². The highest BCUT2D eigenvalue weighted by Gasteiger charge is 2.21. The molecule has 0 aliphatic carbocycles. The van der Waals surface area contributed by atoms with Crippen molar-refractivity contribution < 1.29 is 13.2 Å². The Hall–Kier alpha value is -3.24. The highest BCUT2D eigenvalue weighted by molar-refractivity contribution is 7.89. The second kappa shape index (κ2) is 8.95. The third-order valence-electron chi connectivity index (χ3n) is 5.80. The minimum Gasteiger partial charge on any atom is -0.378 e. The van der Waals surface area contributed by atoms with Crippen molar-refractivity contribution in [2.45, 2.75) is 24.9 Å². The monoisotopic (exact) mass is 466 g/mol. The molecular formula is C23H26N6O3S. The fraction of sp³-hybridized carbons (Fsp3) is 0.348.